The largest absolute Gasteiger partial charge is 0.493 e. The van der Waals surface area contributed by atoms with Crippen LogP contribution in [0.25, 0.3) is 0 Å². The highest BCUT2D eigenvalue weighted by atomic mass is 16.5. The van der Waals surface area contributed by atoms with Gasteiger partial charge in [0, 0.05) is 13.1 Å². The van der Waals surface area contributed by atoms with Gasteiger partial charge in [0.1, 0.15) is 0 Å². The van der Waals surface area contributed by atoms with Gasteiger partial charge in [-0.05, 0) is 36.6 Å². The summed E-state index contributed by atoms with van der Waals surface area (Å²) in [5.74, 6) is 1.36. The molecule has 106 valence electrons. The van der Waals surface area contributed by atoms with Crippen molar-refractivity contribution in [2.45, 2.75) is 26.8 Å². The molecule has 1 rings (SSSR count). The zero-order valence-electron chi connectivity index (χ0n) is 12.0. The smallest absolute Gasteiger partial charge is 0.315 e. The van der Waals surface area contributed by atoms with Gasteiger partial charge >= 0.3 is 6.03 Å². The SMILES string of the molecule is CCCNC(=O)NCc1cc(OC)c(OC)cc1C. The molecule has 19 heavy (non-hydrogen) atoms. The zero-order chi connectivity index (χ0) is 14.3. The lowest BCUT2D eigenvalue weighted by atomic mass is 10.1. The molecule has 0 radical (unpaired) electrons. The van der Waals surface area contributed by atoms with Crippen LogP contribution in [0.2, 0.25) is 0 Å². The first kappa shape index (κ1) is 15.1. The molecular formula is C14H22N2O3. The second-order valence-electron chi connectivity index (χ2n) is 4.24. The van der Waals surface area contributed by atoms with E-state index in [9.17, 15) is 4.79 Å². The standard InChI is InChI=1S/C14H22N2O3/c1-5-6-15-14(17)16-9-11-8-13(19-4)12(18-3)7-10(11)2/h7-8H,5-6,9H2,1-4H3,(H2,15,16,17). The summed E-state index contributed by atoms with van der Waals surface area (Å²) >= 11 is 0. The Balaban J connectivity index is 2.70. The van der Waals surface area contributed by atoms with Crippen molar-refractivity contribution in [2.24, 2.45) is 0 Å². The number of ether oxygens (including phenoxy) is 2. The minimum absolute atomic E-state index is 0.156. The van der Waals surface area contributed by atoms with Crippen molar-refractivity contribution in [1.29, 1.82) is 0 Å². The molecule has 2 amide bonds. The summed E-state index contributed by atoms with van der Waals surface area (Å²) in [7, 11) is 3.20. The molecule has 0 atom stereocenters. The summed E-state index contributed by atoms with van der Waals surface area (Å²) in [6.45, 7) is 5.13. The van der Waals surface area contributed by atoms with E-state index in [1.165, 1.54) is 0 Å². The quantitative estimate of drug-likeness (QED) is 0.830. The predicted octanol–water partition coefficient (Wildman–Crippen LogP) is 2.22. The highest BCUT2D eigenvalue weighted by molar-refractivity contribution is 5.73. The summed E-state index contributed by atoms with van der Waals surface area (Å²) in [6, 6.07) is 3.63. The first-order chi connectivity index (χ1) is 9.12. The summed E-state index contributed by atoms with van der Waals surface area (Å²) in [5.41, 5.74) is 2.05. The molecule has 1 aromatic carbocycles. The van der Waals surface area contributed by atoms with Gasteiger partial charge < -0.3 is 20.1 Å². The van der Waals surface area contributed by atoms with Gasteiger partial charge in [0.15, 0.2) is 11.5 Å². The Morgan fingerprint density at radius 3 is 2.37 bits per heavy atom. The fourth-order valence-electron chi connectivity index (χ4n) is 1.69. The molecule has 0 aliphatic rings. The van der Waals surface area contributed by atoms with Crippen molar-refractivity contribution in [2.75, 3.05) is 20.8 Å². The maximum absolute atomic E-state index is 11.5. The molecule has 5 nitrogen and oxygen atoms in total. The Hall–Kier alpha value is -1.91. The Morgan fingerprint density at radius 1 is 1.16 bits per heavy atom. The maximum atomic E-state index is 11.5. The van der Waals surface area contributed by atoms with E-state index in [4.69, 9.17) is 9.47 Å². The molecule has 1 aromatic rings. The second kappa shape index (κ2) is 7.51. The minimum atomic E-state index is -0.156. The Kier molecular flexibility index (Phi) is 5.99. The fraction of sp³-hybridized carbons (Fsp3) is 0.500. The third-order valence-corrected chi connectivity index (χ3v) is 2.82. The van der Waals surface area contributed by atoms with E-state index in [2.05, 4.69) is 10.6 Å². The molecular weight excluding hydrogens is 244 g/mol. The first-order valence-electron chi connectivity index (χ1n) is 6.35. The molecule has 0 bridgehead atoms. The molecule has 0 spiro atoms. The van der Waals surface area contributed by atoms with Crippen LogP contribution in [0.5, 0.6) is 11.5 Å². The molecule has 0 aromatic heterocycles. The second-order valence-corrected chi connectivity index (χ2v) is 4.24. The number of amides is 2. The highest BCUT2D eigenvalue weighted by Crippen LogP contribution is 2.30. The predicted molar refractivity (Wildman–Crippen MR) is 74.8 cm³/mol. The highest BCUT2D eigenvalue weighted by Gasteiger charge is 2.09. The summed E-state index contributed by atoms with van der Waals surface area (Å²) in [6.07, 6.45) is 0.919. The summed E-state index contributed by atoms with van der Waals surface area (Å²) in [4.78, 5) is 11.5. The molecule has 0 aliphatic carbocycles. The number of carbonyl (C=O) groups is 1. The Morgan fingerprint density at radius 2 is 1.79 bits per heavy atom. The van der Waals surface area contributed by atoms with Gasteiger partial charge in [-0.1, -0.05) is 6.92 Å². The van der Waals surface area contributed by atoms with Crippen molar-refractivity contribution < 1.29 is 14.3 Å². The van der Waals surface area contributed by atoms with E-state index in [-0.39, 0.29) is 6.03 Å². The van der Waals surface area contributed by atoms with Gasteiger partial charge in [-0.3, -0.25) is 0 Å². The molecule has 0 saturated carbocycles. The molecule has 0 heterocycles. The van der Waals surface area contributed by atoms with E-state index in [0.29, 0.717) is 24.6 Å². The molecule has 0 unspecified atom stereocenters. The van der Waals surface area contributed by atoms with Crippen molar-refractivity contribution >= 4 is 6.03 Å². The van der Waals surface area contributed by atoms with E-state index in [1.54, 1.807) is 14.2 Å². The van der Waals surface area contributed by atoms with E-state index < -0.39 is 0 Å². The number of hydrogen-bond acceptors (Lipinski definition) is 3. The average molecular weight is 266 g/mol. The fourth-order valence-corrected chi connectivity index (χ4v) is 1.69. The van der Waals surface area contributed by atoms with Gasteiger partial charge in [-0.25, -0.2) is 4.79 Å². The van der Waals surface area contributed by atoms with Gasteiger partial charge in [0.25, 0.3) is 0 Å². The van der Waals surface area contributed by atoms with E-state index in [1.807, 2.05) is 26.0 Å². The number of aryl methyl sites for hydroxylation is 1. The molecule has 2 N–H and O–H groups in total. The average Bonchev–Trinajstić information content (AvgIpc) is 2.43. The van der Waals surface area contributed by atoms with Crippen molar-refractivity contribution in [3.8, 4) is 11.5 Å². The molecule has 0 fully saturated rings. The van der Waals surface area contributed by atoms with Crippen molar-refractivity contribution in [1.82, 2.24) is 10.6 Å². The van der Waals surface area contributed by atoms with Crippen LogP contribution in [0.15, 0.2) is 12.1 Å². The lowest BCUT2D eigenvalue weighted by Crippen LogP contribution is -2.35. The zero-order valence-corrected chi connectivity index (χ0v) is 12.0. The molecule has 0 aliphatic heterocycles. The van der Waals surface area contributed by atoms with Crippen LogP contribution in [0.3, 0.4) is 0 Å². The van der Waals surface area contributed by atoms with Gasteiger partial charge in [0.2, 0.25) is 0 Å². The van der Waals surface area contributed by atoms with Crippen molar-refractivity contribution in [3.63, 3.8) is 0 Å². The lowest BCUT2D eigenvalue weighted by molar-refractivity contribution is 0.240. The maximum Gasteiger partial charge on any atom is 0.315 e. The van der Waals surface area contributed by atoms with Crippen LogP contribution in [0.4, 0.5) is 4.79 Å². The normalized spacial score (nSPS) is 9.89. The first-order valence-corrected chi connectivity index (χ1v) is 6.35. The number of urea groups is 1. The van der Waals surface area contributed by atoms with Crippen LogP contribution in [-0.2, 0) is 6.54 Å². The summed E-state index contributed by atoms with van der Waals surface area (Å²) < 4.78 is 10.5. The molecule has 0 saturated heterocycles. The minimum Gasteiger partial charge on any atom is -0.493 e. The van der Waals surface area contributed by atoms with Crippen LogP contribution in [-0.4, -0.2) is 26.8 Å². The number of benzene rings is 1. The third kappa shape index (κ3) is 4.35. The number of hydrogen-bond donors (Lipinski definition) is 2. The van der Waals surface area contributed by atoms with E-state index in [0.717, 1.165) is 17.5 Å². The van der Waals surface area contributed by atoms with Crippen molar-refractivity contribution in [3.05, 3.63) is 23.3 Å². The van der Waals surface area contributed by atoms with Crippen LogP contribution in [0, 0.1) is 6.92 Å². The van der Waals surface area contributed by atoms with Crippen LogP contribution in [0.1, 0.15) is 24.5 Å². The molecule has 5 heteroatoms. The number of rotatable bonds is 6. The number of nitrogens with one attached hydrogen (secondary N) is 2. The van der Waals surface area contributed by atoms with Gasteiger partial charge in [-0.2, -0.15) is 0 Å². The van der Waals surface area contributed by atoms with Gasteiger partial charge in [0.05, 0.1) is 14.2 Å². The lowest BCUT2D eigenvalue weighted by Gasteiger charge is -2.13. The summed E-state index contributed by atoms with van der Waals surface area (Å²) in [5, 5.41) is 5.58. The Labute approximate surface area is 114 Å². The topological polar surface area (TPSA) is 59.6 Å². The monoisotopic (exact) mass is 266 g/mol. The van der Waals surface area contributed by atoms with E-state index >= 15 is 0 Å². The Bertz CT molecular complexity index is 433. The van der Waals surface area contributed by atoms with Crippen LogP contribution >= 0.6 is 0 Å². The van der Waals surface area contributed by atoms with Crippen LogP contribution < -0.4 is 20.1 Å². The number of methoxy groups -OCH3 is 2. The number of carbonyl (C=O) groups excluding carboxylic acids is 1. The third-order valence-electron chi connectivity index (χ3n) is 2.82. The van der Waals surface area contributed by atoms with Gasteiger partial charge in [-0.15, -0.1) is 0 Å².